The molecule has 0 saturated carbocycles. The van der Waals surface area contributed by atoms with E-state index in [-0.39, 0.29) is 11.5 Å². The van der Waals surface area contributed by atoms with Crippen molar-refractivity contribution in [2.45, 2.75) is 37.5 Å². The zero-order valence-corrected chi connectivity index (χ0v) is 19.7. The third kappa shape index (κ3) is 5.47. The minimum absolute atomic E-state index is 0.103. The fourth-order valence-corrected chi connectivity index (χ4v) is 6.42. The molecule has 0 aromatic heterocycles. The molecule has 5 nitrogen and oxygen atoms in total. The number of hydrogen-bond donors (Lipinski definition) is 3. The molecular weight excluding hydrogens is 480 g/mol. The summed E-state index contributed by atoms with van der Waals surface area (Å²) >= 11 is 3.42. The Bertz CT molecular complexity index is 1090. The highest BCUT2D eigenvalue weighted by atomic mass is 79.9. The fourth-order valence-electron chi connectivity index (χ4n) is 4.04. The third-order valence-corrected chi connectivity index (χ3v) is 8.18. The van der Waals surface area contributed by atoms with Crippen molar-refractivity contribution in [3.05, 3.63) is 75.3 Å². The third-order valence-electron chi connectivity index (χ3n) is 5.67. The number of aromatic hydroxyl groups is 1. The molecule has 0 amide bonds. The van der Waals surface area contributed by atoms with Crippen LogP contribution in [0, 0.1) is 0 Å². The van der Waals surface area contributed by atoms with Gasteiger partial charge in [0.15, 0.2) is 9.84 Å². The number of hydrogen-bond acceptors (Lipinski definition) is 5. The van der Waals surface area contributed by atoms with Crippen molar-refractivity contribution in [3.8, 4) is 5.75 Å². The van der Waals surface area contributed by atoms with Crippen LogP contribution in [-0.4, -0.2) is 47.5 Å². The summed E-state index contributed by atoms with van der Waals surface area (Å²) in [5, 5.41) is 29.8. The predicted octanol–water partition coefficient (Wildman–Crippen LogP) is 4.33. The lowest BCUT2D eigenvalue weighted by Crippen LogP contribution is -2.29. The average Bonchev–Trinajstić information content (AvgIpc) is 3.03. The summed E-state index contributed by atoms with van der Waals surface area (Å²) < 4.78 is 25.6. The molecule has 1 aliphatic rings. The Balaban J connectivity index is 1.91. The van der Waals surface area contributed by atoms with Gasteiger partial charge in [-0.25, -0.2) is 8.42 Å². The van der Waals surface area contributed by atoms with Crippen LogP contribution in [0.25, 0.3) is 11.6 Å². The molecule has 0 fully saturated rings. The van der Waals surface area contributed by atoms with Crippen molar-refractivity contribution in [2.75, 3.05) is 12.4 Å². The van der Waals surface area contributed by atoms with Crippen LogP contribution >= 0.6 is 15.9 Å². The van der Waals surface area contributed by atoms with Gasteiger partial charge in [0, 0.05) is 10.0 Å². The maximum Gasteiger partial charge on any atom is 0.163 e. The first kappa shape index (κ1) is 23.7. The van der Waals surface area contributed by atoms with E-state index in [1.807, 2.05) is 49.4 Å². The molecule has 2 aromatic carbocycles. The van der Waals surface area contributed by atoms with E-state index in [2.05, 4.69) is 15.9 Å². The first-order chi connectivity index (χ1) is 14.8. The Hall–Kier alpha value is -1.93. The van der Waals surface area contributed by atoms with E-state index in [1.54, 1.807) is 12.1 Å². The Labute approximate surface area is 191 Å². The van der Waals surface area contributed by atoms with Gasteiger partial charge in [-0.05, 0) is 60.2 Å². The van der Waals surface area contributed by atoms with Crippen LogP contribution in [0.5, 0.6) is 5.75 Å². The molecule has 0 bridgehead atoms. The summed E-state index contributed by atoms with van der Waals surface area (Å²) in [5.74, 6) is 0.0457. The quantitative estimate of drug-likeness (QED) is 0.365. The number of aliphatic hydroxyl groups excluding tert-OH is 2. The van der Waals surface area contributed by atoms with Crippen LogP contribution in [0.2, 0.25) is 0 Å². The molecule has 0 unspecified atom stereocenters. The lowest BCUT2D eigenvalue weighted by Gasteiger charge is -2.20. The lowest BCUT2D eigenvalue weighted by molar-refractivity contribution is 0.190. The molecule has 31 heavy (non-hydrogen) atoms. The molecule has 3 N–H and O–H groups in total. The number of sulfone groups is 1. The highest BCUT2D eigenvalue weighted by molar-refractivity contribution is 9.10. The number of phenols is 1. The van der Waals surface area contributed by atoms with Crippen molar-refractivity contribution >= 4 is 37.4 Å². The molecule has 166 valence electrons. The summed E-state index contributed by atoms with van der Waals surface area (Å²) in [7, 11) is -3.48. The Kier molecular flexibility index (Phi) is 7.75. The van der Waals surface area contributed by atoms with Gasteiger partial charge >= 0.3 is 0 Å². The number of aliphatic hydroxyl groups is 2. The minimum atomic E-state index is -3.48. The largest absolute Gasteiger partial charge is 0.507 e. The maximum atomic E-state index is 12.4. The molecular formula is C24H27BrO5S. The van der Waals surface area contributed by atoms with Gasteiger partial charge in [-0.1, -0.05) is 58.8 Å². The topological polar surface area (TPSA) is 94.8 Å². The van der Waals surface area contributed by atoms with Gasteiger partial charge in [0.05, 0.1) is 18.5 Å². The Morgan fingerprint density at radius 3 is 2.58 bits per heavy atom. The van der Waals surface area contributed by atoms with E-state index in [0.29, 0.717) is 36.0 Å². The number of benzene rings is 2. The average molecular weight is 507 g/mol. The monoisotopic (exact) mass is 506 g/mol. The van der Waals surface area contributed by atoms with Crippen LogP contribution in [0.4, 0.5) is 0 Å². The van der Waals surface area contributed by atoms with E-state index in [4.69, 9.17) is 0 Å². The van der Waals surface area contributed by atoms with Crippen molar-refractivity contribution in [1.29, 1.82) is 0 Å². The fraction of sp³-hybridized carbons (Fsp3) is 0.333. The van der Waals surface area contributed by atoms with Crippen molar-refractivity contribution in [3.63, 3.8) is 0 Å². The van der Waals surface area contributed by atoms with Gasteiger partial charge in [0.25, 0.3) is 0 Å². The highest BCUT2D eigenvalue weighted by Gasteiger charge is 2.40. The molecule has 0 saturated heterocycles. The summed E-state index contributed by atoms with van der Waals surface area (Å²) in [5.41, 5.74) is 3.65. The summed E-state index contributed by atoms with van der Waals surface area (Å²) in [6, 6.07) is 14.9. The molecule has 2 aromatic rings. The molecule has 7 heteroatoms. The Morgan fingerprint density at radius 2 is 1.94 bits per heavy atom. The summed E-state index contributed by atoms with van der Waals surface area (Å²) in [4.78, 5) is 0. The van der Waals surface area contributed by atoms with Gasteiger partial charge in [0.1, 0.15) is 11.0 Å². The highest BCUT2D eigenvalue weighted by Crippen LogP contribution is 2.35. The minimum Gasteiger partial charge on any atom is -0.507 e. The van der Waals surface area contributed by atoms with Crippen LogP contribution in [-0.2, 0) is 9.84 Å². The van der Waals surface area contributed by atoms with E-state index >= 15 is 0 Å². The number of allylic oxidation sites excluding steroid dienone is 1. The predicted molar refractivity (Wildman–Crippen MR) is 127 cm³/mol. The summed E-state index contributed by atoms with van der Waals surface area (Å²) in [6.45, 7) is 1.34. The SMILES string of the molecule is CCC1=C([C@H](O)CC/C(=C/c2cc(Br)ccc2O)c2ccccc2)[C@H](CO)S(=O)(=O)C1. The molecule has 0 aliphatic carbocycles. The smallest absolute Gasteiger partial charge is 0.163 e. The molecule has 0 spiro atoms. The van der Waals surface area contributed by atoms with Crippen molar-refractivity contribution in [2.24, 2.45) is 0 Å². The summed E-state index contributed by atoms with van der Waals surface area (Å²) in [6.07, 6.45) is 2.21. The van der Waals surface area contributed by atoms with Crippen molar-refractivity contribution < 1.29 is 23.7 Å². The van der Waals surface area contributed by atoms with Crippen LogP contribution in [0.15, 0.2) is 64.1 Å². The molecule has 3 rings (SSSR count). The maximum absolute atomic E-state index is 12.4. The second kappa shape index (κ2) is 10.1. The van der Waals surface area contributed by atoms with Gasteiger partial charge in [-0.2, -0.15) is 0 Å². The van der Waals surface area contributed by atoms with E-state index in [1.165, 1.54) is 0 Å². The van der Waals surface area contributed by atoms with E-state index in [9.17, 15) is 23.7 Å². The van der Waals surface area contributed by atoms with Crippen LogP contribution < -0.4 is 0 Å². The number of halogens is 1. The standard InChI is InChI=1S/C24H27BrO5S/c1-2-16-15-31(29,30)23(14-26)24(16)22(28)10-8-18(17-6-4-3-5-7-17)12-19-13-20(25)9-11-21(19)27/h3-7,9,11-13,22-23,26-28H,2,8,10,14-15H2,1H3/b18-12-/t22-,23+/m1/s1. The van der Waals surface area contributed by atoms with Gasteiger partial charge in [-0.15, -0.1) is 0 Å². The Morgan fingerprint density at radius 1 is 1.23 bits per heavy atom. The van der Waals surface area contributed by atoms with Crippen LogP contribution in [0.1, 0.15) is 37.3 Å². The molecule has 0 radical (unpaired) electrons. The van der Waals surface area contributed by atoms with Gasteiger partial charge < -0.3 is 15.3 Å². The van der Waals surface area contributed by atoms with Crippen LogP contribution in [0.3, 0.4) is 0 Å². The second-order valence-corrected chi connectivity index (χ2v) is 10.8. The van der Waals surface area contributed by atoms with Gasteiger partial charge in [-0.3, -0.25) is 0 Å². The zero-order chi connectivity index (χ0) is 22.6. The zero-order valence-electron chi connectivity index (χ0n) is 17.3. The molecule has 2 atom stereocenters. The lowest BCUT2D eigenvalue weighted by atomic mass is 9.92. The second-order valence-electron chi connectivity index (χ2n) is 7.68. The van der Waals surface area contributed by atoms with Crippen molar-refractivity contribution in [1.82, 2.24) is 0 Å². The van der Waals surface area contributed by atoms with E-state index < -0.39 is 27.8 Å². The molecule has 1 aliphatic heterocycles. The molecule has 1 heterocycles. The van der Waals surface area contributed by atoms with Gasteiger partial charge in [0.2, 0.25) is 0 Å². The first-order valence-electron chi connectivity index (χ1n) is 10.2. The van der Waals surface area contributed by atoms with E-state index in [0.717, 1.165) is 15.6 Å². The number of phenolic OH excluding ortho intramolecular Hbond substituents is 1. The number of rotatable bonds is 8. The normalized spacial score (nSPS) is 19.6. The first-order valence-corrected chi connectivity index (χ1v) is 12.7.